The van der Waals surface area contributed by atoms with Gasteiger partial charge in [-0.1, -0.05) is 32.4 Å². The molecule has 4 nitrogen and oxygen atoms in total. The number of hydrogen-bond acceptors (Lipinski definition) is 2. The van der Waals surface area contributed by atoms with E-state index in [2.05, 4.69) is 13.8 Å². The fourth-order valence-corrected chi connectivity index (χ4v) is 2.21. The zero-order valence-electron chi connectivity index (χ0n) is 11.1. The molecule has 1 aliphatic heterocycles. The normalized spacial score (nSPS) is 17.3. The fourth-order valence-electron chi connectivity index (χ4n) is 2.21. The third kappa shape index (κ3) is 2.42. The molecule has 4 heteroatoms. The summed E-state index contributed by atoms with van der Waals surface area (Å²) in [5.74, 6) is 0.544. The lowest BCUT2D eigenvalue weighted by atomic mass is 10.1. The van der Waals surface area contributed by atoms with Crippen molar-refractivity contribution >= 4 is 17.4 Å². The van der Waals surface area contributed by atoms with Gasteiger partial charge in [0, 0.05) is 19.6 Å². The van der Waals surface area contributed by atoms with Crippen molar-refractivity contribution < 1.29 is 4.79 Å². The van der Waals surface area contributed by atoms with Crippen LogP contribution in [0, 0.1) is 5.92 Å². The van der Waals surface area contributed by atoms with E-state index in [1.54, 1.807) is 4.90 Å². The number of nitrogens with two attached hydrogens (primary N) is 1. The van der Waals surface area contributed by atoms with Crippen LogP contribution in [-0.2, 0) is 0 Å². The topological polar surface area (TPSA) is 49.6 Å². The molecule has 2 rings (SSSR count). The van der Waals surface area contributed by atoms with E-state index in [1.807, 2.05) is 29.2 Å². The number of benzene rings is 1. The number of hydrogen-bond donors (Lipinski definition) is 1. The van der Waals surface area contributed by atoms with Crippen LogP contribution in [0.15, 0.2) is 24.3 Å². The first-order valence-electron chi connectivity index (χ1n) is 6.54. The van der Waals surface area contributed by atoms with Gasteiger partial charge in [-0.25, -0.2) is 4.79 Å². The van der Waals surface area contributed by atoms with Crippen molar-refractivity contribution in [2.75, 3.05) is 30.3 Å². The quantitative estimate of drug-likeness (QED) is 0.831. The monoisotopic (exact) mass is 247 g/mol. The Morgan fingerprint density at radius 1 is 1.33 bits per heavy atom. The molecule has 0 spiro atoms. The summed E-state index contributed by atoms with van der Waals surface area (Å²) in [6, 6.07) is 7.61. The van der Waals surface area contributed by atoms with Crippen LogP contribution in [0.2, 0.25) is 0 Å². The highest BCUT2D eigenvalue weighted by Crippen LogP contribution is 2.26. The van der Waals surface area contributed by atoms with Crippen LogP contribution >= 0.6 is 0 Å². The first-order valence-corrected chi connectivity index (χ1v) is 6.54. The molecule has 1 unspecified atom stereocenters. The Kier molecular flexibility index (Phi) is 3.75. The van der Waals surface area contributed by atoms with Gasteiger partial charge in [-0.2, -0.15) is 0 Å². The van der Waals surface area contributed by atoms with Crippen molar-refractivity contribution in [3.05, 3.63) is 24.3 Å². The molecule has 1 aliphatic rings. The van der Waals surface area contributed by atoms with Crippen molar-refractivity contribution in [1.82, 2.24) is 4.90 Å². The van der Waals surface area contributed by atoms with E-state index < -0.39 is 0 Å². The van der Waals surface area contributed by atoms with Gasteiger partial charge in [0.2, 0.25) is 0 Å². The fraction of sp³-hybridized carbons (Fsp3) is 0.500. The summed E-state index contributed by atoms with van der Waals surface area (Å²) in [5.41, 5.74) is 7.41. The first-order chi connectivity index (χ1) is 8.63. The summed E-state index contributed by atoms with van der Waals surface area (Å²) in [6.07, 6.45) is 1.09. The molecule has 2 amide bonds. The van der Waals surface area contributed by atoms with Gasteiger partial charge in [0.25, 0.3) is 0 Å². The molecule has 1 aromatic rings. The number of nitrogen functional groups attached to an aromatic ring is 1. The molecular weight excluding hydrogens is 226 g/mol. The first kappa shape index (κ1) is 12.7. The Hall–Kier alpha value is -1.71. The summed E-state index contributed by atoms with van der Waals surface area (Å²) < 4.78 is 0. The van der Waals surface area contributed by atoms with E-state index in [0.717, 1.165) is 31.7 Å². The second-order valence-electron chi connectivity index (χ2n) is 4.95. The minimum Gasteiger partial charge on any atom is -0.397 e. The minimum atomic E-state index is 0.0770. The van der Waals surface area contributed by atoms with Crippen LogP contribution in [0.4, 0.5) is 16.2 Å². The predicted molar refractivity (Wildman–Crippen MR) is 74.6 cm³/mol. The number of para-hydroxylation sites is 2. The summed E-state index contributed by atoms with van der Waals surface area (Å²) in [4.78, 5) is 16.0. The summed E-state index contributed by atoms with van der Waals surface area (Å²) >= 11 is 0. The molecule has 1 atom stereocenters. The van der Waals surface area contributed by atoms with Gasteiger partial charge >= 0.3 is 6.03 Å². The van der Waals surface area contributed by atoms with Gasteiger partial charge in [-0.15, -0.1) is 0 Å². The minimum absolute atomic E-state index is 0.0770. The highest BCUT2D eigenvalue weighted by atomic mass is 16.2. The van der Waals surface area contributed by atoms with Gasteiger partial charge in [0.05, 0.1) is 11.4 Å². The SMILES string of the molecule is CCC(C)CN1CCN(c2ccccc2N)C1=O. The molecule has 2 N–H and O–H groups in total. The number of nitrogens with zero attached hydrogens (tertiary/aromatic N) is 2. The molecule has 0 bridgehead atoms. The summed E-state index contributed by atoms with van der Waals surface area (Å²) in [7, 11) is 0. The van der Waals surface area contributed by atoms with Gasteiger partial charge in [-0.05, 0) is 18.1 Å². The van der Waals surface area contributed by atoms with Crippen LogP contribution in [0.3, 0.4) is 0 Å². The lowest BCUT2D eigenvalue weighted by molar-refractivity contribution is 0.212. The predicted octanol–water partition coefficient (Wildman–Crippen LogP) is 2.56. The molecule has 1 fully saturated rings. The molecule has 98 valence electrons. The second kappa shape index (κ2) is 5.29. The van der Waals surface area contributed by atoms with Gasteiger partial charge < -0.3 is 10.6 Å². The Morgan fingerprint density at radius 2 is 2.06 bits per heavy atom. The third-order valence-electron chi connectivity index (χ3n) is 3.55. The number of amides is 2. The molecule has 18 heavy (non-hydrogen) atoms. The second-order valence-corrected chi connectivity index (χ2v) is 4.95. The molecule has 1 aromatic carbocycles. The maximum absolute atomic E-state index is 12.3. The standard InChI is InChI=1S/C14H21N3O/c1-3-11(2)10-16-8-9-17(14(16)18)13-7-5-4-6-12(13)15/h4-7,11H,3,8-10,15H2,1-2H3. The Balaban J connectivity index is 2.10. The molecule has 0 aromatic heterocycles. The average Bonchev–Trinajstić information content (AvgIpc) is 2.72. The largest absolute Gasteiger partial charge is 0.397 e. The van der Waals surface area contributed by atoms with E-state index in [4.69, 9.17) is 5.73 Å². The summed E-state index contributed by atoms with van der Waals surface area (Å²) in [5, 5.41) is 0. The Morgan fingerprint density at radius 3 is 2.72 bits per heavy atom. The van der Waals surface area contributed by atoms with E-state index in [1.165, 1.54) is 0 Å². The van der Waals surface area contributed by atoms with E-state index in [9.17, 15) is 4.79 Å². The lowest BCUT2D eigenvalue weighted by Gasteiger charge is -2.22. The van der Waals surface area contributed by atoms with Crippen LogP contribution in [0.5, 0.6) is 0 Å². The van der Waals surface area contributed by atoms with E-state index in [0.29, 0.717) is 11.6 Å². The highest BCUT2D eigenvalue weighted by molar-refractivity contribution is 5.97. The third-order valence-corrected chi connectivity index (χ3v) is 3.55. The maximum Gasteiger partial charge on any atom is 0.324 e. The van der Waals surface area contributed by atoms with Crippen molar-refractivity contribution in [3.63, 3.8) is 0 Å². The number of carbonyl (C=O) groups is 1. The van der Waals surface area contributed by atoms with Crippen molar-refractivity contribution in [2.24, 2.45) is 5.92 Å². The van der Waals surface area contributed by atoms with Crippen LogP contribution in [0.25, 0.3) is 0 Å². The lowest BCUT2D eigenvalue weighted by Crippen LogP contribution is -2.34. The molecular formula is C14H21N3O. The van der Waals surface area contributed by atoms with Crippen molar-refractivity contribution in [2.45, 2.75) is 20.3 Å². The van der Waals surface area contributed by atoms with Crippen molar-refractivity contribution in [3.8, 4) is 0 Å². The van der Waals surface area contributed by atoms with Crippen LogP contribution < -0.4 is 10.6 Å². The van der Waals surface area contributed by atoms with Gasteiger partial charge in [0.1, 0.15) is 0 Å². The molecule has 0 radical (unpaired) electrons. The van der Waals surface area contributed by atoms with Crippen LogP contribution in [0.1, 0.15) is 20.3 Å². The highest BCUT2D eigenvalue weighted by Gasteiger charge is 2.30. The number of anilines is 2. The van der Waals surface area contributed by atoms with Gasteiger partial charge in [-0.3, -0.25) is 4.90 Å². The Labute approximate surface area is 108 Å². The average molecular weight is 247 g/mol. The molecule has 1 heterocycles. The number of rotatable bonds is 4. The number of carbonyl (C=O) groups excluding carboxylic acids is 1. The molecule has 0 aliphatic carbocycles. The zero-order valence-corrected chi connectivity index (χ0v) is 11.1. The van der Waals surface area contributed by atoms with E-state index >= 15 is 0 Å². The maximum atomic E-state index is 12.3. The summed E-state index contributed by atoms with van der Waals surface area (Å²) in [6.45, 7) is 6.67. The van der Waals surface area contributed by atoms with Gasteiger partial charge in [0.15, 0.2) is 0 Å². The molecule has 0 saturated carbocycles. The van der Waals surface area contributed by atoms with Crippen molar-refractivity contribution in [1.29, 1.82) is 0 Å². The smallest absolute Gasteiger partial charge is 0.324 e. The van der Waals surface area contributed by atoms with Crippen LogP contribution in [-0.4, -0.2) is 30.6 Å². The number of urea groups is 1. The zero-order chi connectivity index (χ0) is 13.1. The van der Waals surface area contributed by atoms with E-state index in [-0.39, 0.29) is 6.03 Å². The molecule has 1 saturated heterocycles. The Bertz CT molecular complexity index is 433.